The van der Waals surface area contributed by atoms with Crippen molar-refractivity contribution in [2.24, 2.45) is 5.10 Å². The molecule has 0 saturated carbocycles. The Kier molecular flexibility index (Phi) is 4.95. The van der Waals surface area contributed by atoms with Crippen LogP contribution in [0.2, 0.25) is 0 Å². The van der Waals surface area contributed by atoms with Gasteiger partial charge in [0.15, 0.2) is 0 Å². The number of amides is 1. The third-order valence-electron chi connectivity index (χ3n) is 3.76. The number of carbonyl (C=O) groups excluding carboxylic acids is 1. The Bertz CT molecular complexity index is 803. The summed E-state index contributed by atoms with van der Waals surface area (Å²) >= 11 is 5.40. The second-order valence-electron chi connectivity index (χ2n) is 5.29. The van der Waals surface area contributed by atoms with E-state index in [1.807, 2.05) is 48.5 Å². The molecule has 0 unspecified atom stereocenters. The summed E-state index contributed by atoms with van der Waals surface area (Å²) in [6.07, 6.45) is 1.60. The first kappa shape index (κ1) is 16.9. The van der Waals surface area contributed by atoms with E-state index in [1.54, 1.807) is 25.3 Å². The highest BCUT2D eigenvalue weighted by molar-refractivity contribution is 7.80. The molecule has 3 rings (SSSR count). The fourth-order valence-corrected chi connectivity index (χ4v) is 2.70. The number of nitrogens with zero attached hydrogens (tertiary/aromatic N) is 3. The first-order valence-corrected chi connectivity index (χ1v) is 8.00. The number of ether oxygens (including phenoxy) is 2. The first-order valence-electron chi connectivity index (χ1n) is 7.59. The molecular weight excluding hydrogens is 338 g/mol. The van der Waals surface area contributed by atoms with Gasteiger partial charge in [-0.15, -0.1) is 0 Å². The molecule has 1 aliphatic rings. The van der Waals surface area contributed by atoms with Crippen LogP contribution in [-0.4, -0.2) is 43.0 Å². The van der Waals surface area contributed by atoms with Crippen molar-refractivity contribution in [2.75, 3.05) is 25.7 Å². The van der Waals surface area contributed by atoms with Crippen molar-refractivity contribution in [2.45, 2.75) is 0 Å². The van der Waals surface area contributed by atoms with Gasteiger partial charge < -0.3 is 14.4 Å². The number of methoxy groups -OCH3 is 2. The zero-order valence-corrected chi connectivity index (χ0v) is 14.7. The molecule has 0 N–H and O–H groups in total. The number of hydrazone groups is 1. The summed E-state index contributed by atoms with van der Waals surface area (Å²) in [4.78, 5) is 14.0. The fourth-order valence-electron chi connectivity index (χ4n) is 2.38. The fraction of sp³-hybridized carbons (Fsp3) is 0.167. The van der Waals surface area contributed by atoms with Gasteiger partial charge in [0.25, 0.3) is 5.91 Å². The first-order chi connectivity index (χ1) is 12.1. The van der Waals surface area contributed by atoms with E-state index in [1.165, 1.54) is 5.01 Å². The Morgan fingerprint density at radius 2 is 1.56 bits per heavy atom. The van der Waals surface area contributed by atoms with Gasteiger partial charge in [-0.1, -0.05) is 0 Å². The molecule has 1 saturated heterocycles. The van der Waals surface area contributed by atoms with Crippen LogP contribution in [0.15, 0.2) is 53.6 Å². The Balaban J connectivity index is 1.74. The number of benzene rings is 2. The molecule has 0 spiro atoms. The zero-order valence-electron chi connectivity index (χ0n) is 13.9. The van der Waals surface area contributed by atoms with Gasteiger partial charge in [0, 0.05) is 5.69 Å². The monoisotopic (exact) mass is 355 g/mol. The molecule has 6 nitrogen and oxygen atoms in total. The van der Waals surface area contributed by atoms with Crippen LogP contribution in [0.1, 0.15) is 5.56 Å². The Labute approximate surface area is 151 Å². The van der Waals surface area contributed by atoms with E-state index in [9.17, 15) is 4.79 Å². The number of anilines is 1. The number of thiocarbonyl (C=S) groups is 1. The van der Waals surface area contributed by atoms with Gasteiger partial charge in [0.05, 0.1) is 20.4 Å². The van der Waals surface area contributed by atoms with Crippen LogP contribution in [0.3, 0.4) is 0 Å². The maximum Gasteiger partial charge on any atom is 0.269 e. The van der Waals surface area contributed by atoms with E-state index in [4.69, 9.17) is 21.7 Å². The van der Waals surface area contributed by atoms with Gasteiger partial charge in [0.1, 0.15) is 18.0 Å². The normalized spacial score (nSPS) is 14.5. The molecule has 2 aromatic rings. The molecule has 2 aromatic carbocycles. The lowest BCUT2D eigenvalue weighted by atomic mass is 10.2. The van der Waals surface area contributed by atoms with Gasteiger partial charge in [-0.2, -0.15) is 10.1 Å². The van der Waals surface area contributed by atoms with E-state index in [2.05, 4.69) is 5.10 Å². The van der Waals surface area contributed by atoms with Crippen molar-refractivity contribution in [1.29, 1.82) is 0 Å². The highest BCUT2D eigenvalue weighted by atomic mass is 32.1. The van der Waals surface area contributed by atoms with Crippen LogP contribution >= 0.6 is 12.2 Å². The van der Waals surface area contributed by atoms with Gasteiger partial charge in [-0.3, -0.25) is 4.79 Å². The molecule has 0 atom stereocenters. The summed E-state index contributed by atoms with van der Waals surface area (Å²) in [7, 11) is 3.22. The predicted molar refractivity (Wildman–Crippen MR) is 100 cm³/mol. The molecule has 25 heavy (non-hydrogen) atoms. The van der Waals surface area contributed by atoms with Crippen LogP contribution in [0.25, 0.3) is 0 Å². The van der Waals surface area contributed by atoms with Crippen LogP contribution in [0.4, 0.5) is 5.69 Å². The molecular formula is C18H17N3O3S. The molecule has 0 radical (unpaired) electrons. The van der Waals surface area contributed by atoms with Gasteiger partial charge in [-0.25, -0.2) is 0 Å². The SMILES string of the molecule is COc1ccc(C=NN2C(=O)CN(c3ccc(OC)cc3)C2=S)cc1. The zero-order chi connectivity index (χ0) is 17.8. The van der Waals surface area contributed by atoms with Crippen molar-refractivity contribution in [3.8, 4) is 11.5 Å². The van der Waals surface area contributed by atoms with Gasteiger partial charge in [-0.05, 0) is 66.3 Å². The van der Waals surface area contributed by atoms with Crippen LogP contribution < -0.4 is 14.4 Å². The molecule has 1 fully saturated rings. The average Bonchev–Trinajstić information content (AvgIpc) is 2.94. The lowest BCUT2D eigenvalue weighted by Gasteiger charge is -2.17. The molecule has 7 heteroatoms. The lowest BCUT2D eigenvalue weighted by Crippen LogP contribution is -2.29. The number of rotatable bonds is 5. The minimum absolute atomic E-state index is 0.158. The molecule has 1 amide bonds. The van der Waals surface area contributed by atoms with Crippen molar-refractivity contribution < 1.29 is 14.3 Å². The quantitative estimate of drug-likeness (QED) is 0.610. The summed E-state index contributed by atoms with van der Waals surface area (Å²) in [5.74, 6) is 1.33. The molecule has 0 bridgehead atoms. The van der Waals surface area contributed by atoms with E-state index >= 15 is 0 Å². The second kappa shape index (κ2) is 7.31. The third kappa shape index (κ3) is 3.61. The summed E-state index contributed by atoms with van der Waals surface area (Å²) in [6.45, 7) is 0.158. The van der Waals surface area contributed by atoms with E-state index in [0.717, 1.165) is 22.7 Å². The van der Waals surface area contributed by atoms with Gasteiger partial charge in [0.2, 0.25) is 5.11 Å². The minimum atomic E-state index is -0.175. The molecule has 0 aromatic heterocycles. The summed E-state index contributed by atoms with van der Waals surface area (Å²) < 4.78 is 10.3. The summed E-state index contributed by atoms with van der Waals surface area (Å²) in [5.41, 5.74) is 1.67. The Morgan fingerprint density at radius 3 is 2.12 bits per heavy atom. The van der Waals surface area contributed by atoms with E-state index < -0.39 is 0 Å². The van der Waals surface area contributed by atoms with Crippen molar-refractivity contribution in [1.82, 2.24) is 5.01 Å². The highest BCUT2D eigenvalue weighted by Gasteiger charge is 2.33. The molecule has 128 valence electrons. The maximum atomic E-state index is 12.3. The van der Waals surface area contributed by atoms with Crippen LogP contribution in [0, 0.1) is 0 Å². The Hall–Kier alpha value is -2.93. The second-order valence-corrected chi connectivity index (χ2v) is 5.66. The maximum absolute atomic E-state index is 12.3. The van der Waals surface area contributed by atoms with Crippen molar-refractivity contribution in [3.05, 3.63) is 54.1 Å². The largest absolute Gasteiger partial charge is 0.497 e. The lowest BCUT2D eigenvalue weighted by molar-refractivity contribution is -0.124. The topological polar surface area (TPSA) is 54.4 Å². The number of hydrogen-bond donors (Lipinski definition) is 0. The molecule has 0 aliphatic carbocycles. The summed E-state index contributed by atoms with van der Waals surface area (Å²) in [6, 6.07) is 14.7. The van der Waals surface area contributed by atoms with Crippen LogP contribution in [-0.2, 0) is 4.79 Å². The number of carbonyl (C=O) groups is 1. The van der Waals surface area contributed by atoms with Crippen molar-refractivity contribution >= 4 is 35.1 Å². The van der Waals surface area contributed by atoms with Crippen LogP contribution in [0.5, 0.6) is 11.5 Å². The van der Waals surface area contributed by atoms with Gasteiger partial charge >= 0.3 is 0 Å². The smallest absolute Gasteiger partial charge is 0.269 e. The third-order valence-corrected chi connectivity index (χ3v) is 4.16. The standard InChI is InChI=1S/C18H17N3O3S/c1-23-15-7-3-13(4-8-15)11-19-21-17(22)12-20(18(21)25)14-5-9-16(24-2)10-6-14/h3-11H,12H2,1-2H3. The van der Waals surface area contributed by atoms with E-state index in [0.29, 0.717) is 5.11 Å². The van der Waals surface area contributed by atoms with Crippen molar-refractivity contribution in [3.63, 3.8) is 0 Å². The minimum Gasteiger partial charge on any atom is -0.497 e. The average molecular weight is 355 g/mol. The highest BCUT2D eigenvalue weighted by Crippen LogP contribution is 2.24. The molecule has 1 aliphatic heterocycles. The molecule has 1 heterocycles. The van der Waals surface area contributed by atoms with E-state index in [-0.39, 0.29) is 12.5 Å². The summed E-state index contributed by atoms with van der Waals surface area (Å²) in [5, 5.41) is 5.82. The predicted octanol–water partition coefficient (Wildman–Crippen LogP) is 2.67. The number of hydrogen-bond acceptors (Lipinski definition) is 5. The Morgan fingerprint density at radius 1 is 1.00 bits per heavy atom.